The molecule has 1 unspecified atom stereocenters. The summed E-state index contributed by atoms with van der Waals surface area (Å²) < 4.78 is 0. The minimum absolute atomic E-state index is 0.621. The second kappa shape index (κ2) is 26.0. The SMILES string of the molecule is CCCCCCCCCCCCCCCCCCCC1N(C)C=CN1CCCCCCCCCCC. The Balaban J connectivity index is 1.86. The van der Waals surface area contributed by atoms with E-state index in [0.717, 1.165) is 0 Å². The summed E-state index contributed by atoms with van der Waals surface area (Å²) in [6.07, 6.45) is 44.1. The van der Waals surface area contributed by atoms with Gasteiger partial charge in [0.1, 0.15) is 6.17 Å². The van der Waals surface area contributed by atoms with Gasteiger partial charge in [-0.2, -0.15) is 0 Å². The van der Waals surface area contributed by atoms with E-state index in [2.05, 4.69) is 43.1 Å². The lowest BCUT2D eigenvalue weighted by molar-refractivity contribution is 0.159. The zero-order valence-corrected chi connectivity index (χ0v) is 25.4. The van der Waals surface area contributed by atoms with Crippen molar-refractivity contribution in [1.82, 2.24) is 9.80 Å². The van der Waals surface area contributed by atoms with Crippen molar-refractivity contribution in [3.8, 4) is 0 Å². The molecule has 0 spiro atoms. The normalized spacial score (nSPS) is 15.5. The molecule has 1 atom stereocenters. The van der Waals surface area contributed by atoms with Gasteiger partial charge in [0.05, 0.1) is 0 Å². The molecule has 0 fully saturated rings. The average Bonchev–Trinajstić information content (AvgIpc) is 3.23. The number of hydrogen-bond acceptors (Lipinski definition) is 2. The Morgan fingerprint density at radius 1 is 0.417 bits per heavy atom. The van der Waals surface area contributed by atoms with Gasteiger partial charge >= 0.3 is 0 Å². The predicted molar refractivity (Wildman–Crippen MR) is 163 cm³/mol. The second-order valence-electron chi connectivity index (χ2n) is 12.0. The molecule has 0 amide bonds. The molecule has 2 heteroatoms. The highest BCUT2D eigenvalue weighted by atomic mass is 15.4. The molecular formula is C34H68N2. The summed E-state index contributed by atoms with van der Waals surface area (Å²) in [6.45, 7) is 5.86. The third-order valence-electron chi connectivity index (χ3n) is 8.43. The summed E-state index contributed by atoms with van der Waals surface area (Å²) in [4.78, 5) is 5.06. The number of nitrogens with zero attached hydrogens (tertiary/aromatic N) is 2. The Labute approximate surface area is 229 Å². The number of rotatable bonds is 28. The monoisotopic (exact) mass is 505 g/mol. The molecule has 36 heavy (non-hydrogen) atoms. The fourth-order valence-electron chi connectivity index (χ4n) is 5.87. The quantitative estimate of drug-likeness (QED) is 0.0977. The van der Waals surface area contributed by atoms with Crippen LogP contribution in [0.25, 0.3) is 0 Å². The van der Waals surface area contributed by atoms with E-state index in [9.17, 15) is 0 Å². The lowest BCUT2D eigenvalue weighted by Gasteiger charge is -2.30. The van der Waals surface area contributed by atoms with Crippen molar-refractivity contribution in [3.05, 3.63) is 12.4 Å². The van der Waals surface area contributed by atoms with Gasteiger partial charge in [0, 0.05) is 26.0 Å². The molecule has 1 aliphatic rings. The molecule has 2 nitrogen and oxygen atoms in total. The molecule has 0 aromatic heterocycles. The lowest BCUT2D eigenvalue weighted by Crippen LogP contribution is -2.37. The van der Waals surface area contributed by atoms with Crippen LogP contribution in [0.15, 0.2) is 12.4 Å². The van der Waals surface area contributed by atoms with Gasteiger partial charge in [0.25, 0.3) is 0 Å². The molecule has 0 saturated heterocycles. The predicted octanol–water partition coefficient (Wildman–Crippen LogP) is 11.6. The highest BCUT2D eigenvalue weighted by Crippen LogP contribution is 2.22. The summed E-state index contributed by atoms with van der Waals surface area (Å²) in [5.41, 5.74) is 0. The fourth-order valence-corrected chi connectivity index (χ4v) is 5.87. The van der Waals surface area contributed by atoms with Crippen LogP contribution in [-0.2, 0) is 0 Å². The molecule has 0 radical (unpaired) electrons. The zero-order chi connectivity index (χ0) is 25.9. The summed E-state index contributed by atoms with van der Waals surface area (Å²) in [6, 6.07) is 0. The van der Waals surface area contributed by atoms with Crippen LogP contribution in [0.2, 0.25) is 0 Å². The van der Waals surface area contributed by atoms with Crippen LogP contribution >= 0.6 is 0 Å². The van der Waals surface area contributed by atoms with E-state index in [1.807, 2.05) is 0 Å². The minimum Gasteiger partial charge on any atom is -0.359 e. The van der Waals surface area contributed by atoms with Crippen LogP contribution in [-0.4, -0.2) is 29.6 Å². The molecule has 0 aromatic rings. The smallest absolute Gasteiger partial charge is 0.100 e. The Bertz CT molecular complexity index is 460. The topological polar surface area (TPSA) is 6.48 Å². The van der Waals surface area contributed by atoms with Gasteiger partial charge in [-0.15, -0.1) is 0 Å². The second-order valence-corrected chi connectivity index (χ2v) is 12.0. The standard InChI is InChI=1S/C34H68N2/c1-4-6-8-10-12-14-15-16-17-18-19-20-21-22-24-26-28-30-34-35(3)32-33-36(34)31-29-27-25-23-13-11-9-7-5-2/h32-34H,4-31H2,1-3H3. The van der Waals surface area contributed by atoms with Crippen LogP contribution in [0.1, 0.15) is 187 Å². The molecule has 0 bridgehead atoms. The molecule has 214 valence electrons. The van der Waals surface area contributed by atoms with Crippen molar-refractivity contribution in [2.75, 3.05) is 13.6 Å². The van der Waals surface area contributed by atoms with E-state index in [4.69, 9.17) is 0 Å². The third-order valence-corrected chi connectivity index (χ3v) is 8.43. The first-order chi connectivity index (χ1) is 17.8. The first-order valence-corrected chi connectivity index (χ1v) is 17.0. The zero-order valence-electron chi connectivity index (χ0n) is 25.4. The van der Waals surface area contributed by atoms with E-state index >= 15 is 0 Å². The van der Waals surface area contributed by atoms with Crippen LogP contribution in [0.5, 0.6) is 0 Å². The van der Waals surface area contributed by atoms with Crippen molar-refractivity contribution in [2.45, 2.75) is 193 Å². The van der Waals surface area contributed by atoms with Crippen molar-refractivity contribution >= 4 is 0 Å². The van der Waals surface area contributed by atoms with Crippen LogP contribution in [0.4, 0.5) is 0 Å². The summed E-state index contributed by atoms with van der Waals surface area (Å²) in [7, 11) is 2.27. The first-order valence-electron chi connectivity index (χ1n) is 17.0. The Kier molecular flexibility index (Phi) is 24.1. The van der Waals surface area contributed by atoms with Gasteiger partial charge in [-0.1, -0.05) is 168 Å². The van der Waals surface area contributed by atoms with E-state index in [1.54, 1.807) is 0 Å². The molecule has 1 rings (SSSR count). The highest BCUT2D eigenvalue weighted by Gasteiger charge is 2.22. The van der Waals surface area contributed by atoms with Gasteiger partial charge in [-0.25, -0.2) is 0 Å². The largest absolute Gasteiger partial charge is 0.359 e. The molecule has 0 aromatic carbocycles. The van der Waals surface area contributed by atoms with Gasteiger partial charge in [0.2, 0.25) is 0 Å². The van der Waals surface area contributed by atoms with Gasteiger partial charge in [-0.05, 0) is 19.3 Å². The minimum atomic E-state index is 0.621. The van der Waals surface area contributed by atoms with E-state index in [0.29, 0.717) is 6.17 Å². The maximum absolute atomic E-state index is 2.62. The van der Waals surface area contributed by atoms with Crippen LogP contribution in [0, 0.1) is 0 Å². The van der Waals surface area contributed by atoms with E-state index in [-0.39, 0.29) is 0 Å². The van der Waals surface area contributed by atoms with E-state index < -0.39 is 0 Å². The molecule has 0 aliphatic carbocycles. The van der Waals surface area contributed by atoms with Gasteiger partial charge in [0.15, 0.2) is 0 Å². The van der Waals surface area contributed by atoms with Crippen LogP contribution < -0.4 is 0 Å². The van der Waals surface area contributed by atoms with Crippen molar-refractivity contribution < 1.29 is 0 Å². The Morgan fingerprint density at radius 2 is 0.750 bits per heavy atom. The third kappa shape index (κ3) is 19.5. The summed E-state index contributed by atoms with van der Waals surface area (Å²) in [5.74, 6) is 0. The molecule has 1 heterocycles. The highest BCUT2D eigenvalue weighted by molar-refractivity contribution is 4.95. The van der Waals surface area contributed by atoms with Gasteiger partial charge in [-0.3, -0.25) is 0 Å². The van der Waals surface area contributed by atoms with Crippen molar-refractivity contribution in [1.29, 1.82) is 0 Å². The molecule has 1 aliphatic heterocycles. The number of hydrogen-bond donors (Lipinski definition) is 0. The Hall–Kier alpha value is -0.660. The molecule has 0 N–H and O–H groups in total. The van der Waals surface area contributed by atoms with Crippen molar-refractivity contribution in [3.63, 3.8) is 0 Å². The fraction of sp³-hybridized carbons (Fsp3) is 0.941. The maximum Gasteiger partial charge on any atom is 0.100 e. The van der Waals surface area contributed by atoms with Crippen LogP contribution in [0.3, 0.4) is 0 Å². The summed E-state index contributed by atoms with van der Waals surface area (Å²) >= 11 is 0. The van der Waals surface area contributed by atoms with Crippen molar-refractivity contribution in [2.24, 2.45) is 0 Å². The number of unbranched alkanes of at least 4 members (excludes halogenated alkanes) is 24. The molecule has 0 saturated carbocycles. The summed E-state index contributed by atoms with van der Waals surface area (Å²) in [5, 5.41) is 0. The first kappa shape index (κ1) is 33.4. The maximum atomic E-state index is 2.62. The Morgan fingerprint density at radius 3 is 1.14 bits per heavy atom. The average molecular weight is 505 g/mol. The van der Waals surface area contributed by atoms with E-state index in [1.165, 1.54) is 180 Å². The lowest BCUT2D eigenvalue weighted by atomic mass is 10.0. The van der Waals surface area contributed by atoms with Gasteiger partial charge < -0.3 is 9.80 Å². The molecular weight excluding hydrogens is 436 g/mol.